The maximum absolute atomic E-state index is 11.2. The first-order valence-corrected chi connectivity index (χ1v) is 5.56. The molecule has 0 aliphatic carbocycles. The van der Waals surface area contributed by atoms with Crippen LogP contribution in [0.1, 0.15) is 6.42 Å². The summed E-state index contributed by atoms with van der Waals surface area (Å²) in [6, 6.07) is 6.99. The normalized spacial score (nSPS) is 9.83. The number of benzene rings is 1. The number of carbonyl (C=O) groups excluding carboxylic acids is 1. The van der Waals surface area contributed by atoms with Gasteiger partial charge in [-0.1, -0.05) is 12.1 Å². The van der Waals surface area contributed by atoms with Crippen LogP contribution in [0.4, 0.5) is 11.4 Å². The van der Waals surface area contributed by atoms with Crippen molar-refractivity contribution in [1.29, 1.82) is 0 Å². The number of anilines is 2. The smallest absolute Gasteiger partial charge is 0.323 e. The fraction of sp³-hybridized carbons (Fsp3) is 0.333. The number of nitrogens with one attached hydrogen (secondary N) is 1. The molecule has 0 aliphatic rings. The number of carboxylic acids is 1. The lowest BCUT2D eigenvalue weighted by Gasteiger charge is -2.23. The van der Waals surface area contributed by atoms with E-state index in [1.165, 1.54) is 0 Å². The Kier molecular flexibility index (Phi) is 4.98. The summed E-state index contributed by atoms with van der Waals surface area (Å²) in [5.41, 5.74) is 6.93. The van der Waals surface area contributed by atoms with Crippen molar-refractivity contribution in [3.05, 3.63) is 24.3 Å². The van der Waals surface area contributed by atoms with Gasteiger partial charge in [0.25, 0.3) is 0 Å². The molecule has 0 unspecified atom stereocenters. The largest absolute Gasteiger partial charge is 0.480 e. The van der Waals surface area contributed by atoms with Gasteiger partial charge in [-0.15, -0.1) is 0 Å². The van der Waals surface area contributed by atoms with E-state index in [-0.39, 0.29) is 18.9 Å². The van der Waals surface area contributed by atoms with Gasteiger partial charge in [-0.2, -0.15) is 0 Å². The topological polar surface area (TPSA) is 95.7 Å². The van der Waals surface area contributed by atoms with Crippen molar-refractivity contribution in [3.8, 4) is 0 Å². The standard InChI is InChI=1S/C12H17N3O3/c1-14-11(16)6-7-15(8-12(17)18)10-5-3-2-4-9(10)13/h2-5H,6-8,13H2,1H3,(H,14,16)(H,17,18). The van der Waals surface area contributed by atoms with Gasteiger partial charge in [-0.3, -0.25) is 9.59 Å². The molecule has 6 heteroatoms. The van der Waals surface area contributed by atoms with Gasteiger partial charge in [0.15, 0.2) is 0 Å². The quantitative estimate of drug-likeness (QED) is 0.632. The molecule has 0 atom stereocenters. The van der Waals surface area contributed by atoms with Gasteiger partial charge in [0.1, 0.15) is 6.54 Å². The molecular weight excluding hydrogens is 234 g/mol. The number of amides is 1. The van der Waals surface area contributed by atoms with Crippen LogP contribution in [-0.4, -0.2) is 37.1 Å². The zero-order chi connectivity index (χ0) is 13.5. The third kappa shape index (κ3) is 3.97. The highest BCUT2D eigenvalue weighted by molar-refractivity contribution is 5.79. The number of rotatable bonds is 6. The molecular formula is C12H17N3O3. The zero-order valence-corrected chi connectivity index (χ0v) is 10.2. The number of aliphatic carboxylic acids is 1. The van der Waals surface area contributed by atoms with Crippen LogP contribution in [0, 0.1) is 0 Å². The van der Waals surface area contributed by atoms with Crippen molar-refractivity contribution in [2.75, 3.05) is 30.8 Å². The predicted octanol–water partition coefficient (Wildman–Crippen LogP) is 0.296. The number of nitrogen functional groups attached to an aromatic ring is 1. The van der Waals surface area contributed by atoms with Crippen molar-refractivity contribution in [2.24, 2.45) is 0 Å². The maximum atomic E-state index is 11.2. The third-order valence-corrected chi connectivity index (χ3v) is 2.49. The van der Waals surface area contributed by atoms with Crippen molar-refractivity contribution in [3.63, 3.8) is 0 Å². The lowest BCUT2D eigenvalue weighted by molar-refractivity contribution is -0.135. The minimum Gasteiger partial charge on any atom is -0.480 e. The molecule has 0 heterocycles. The summed E-state index contributed by atoms with van der Waals surface area (Å²) < 4.78 is 0. The van der Waals surface area contributed by atoms with Crippen LogP contribution in [0.5, 0.6) is 0 Å². The molecule has 0 spiro atoms. The minimum absolute atomic E-state index is 0.139. The summed E-state index contributed by atoms with van der Waals surface area (Å²) in [6.45, 7) is 0.116. The van der Waals surface area contributed by atoms with Crippen LogP contribution < -0.4 is 16.0 Å². The van der Waals surface area contributed by atoms with Gasteiger partial charge in [-0.05, 0) is 12.1 Å². The van der Waals surface area contributed by atoms with E-state index >= 15 is 0 Å². The molecule has 1 amide bonds. The van der Waals surface area contributed by atoms with E-state index in [0.29, 0.717) is 17.9 Å². The fourth-order valence-corrected chi connectivity index (χ4v) is 1.58. The molecule has 0 aliphatic heterocycles. The molecule has 6 nitrogen and oxygen atoms in total. The highest BCUT2D eigenvalue weighted by Crippen LogP contribution is 2.22. The molecule has 0 bridgehead atoms. The molecule has 1 aromatic rings. The van der Waals surface area contributed by atoms with Crippen LogP contribution in [0.25, 0.3) is 0 Å². The minimum atomic E-state index is -0.963. The summed E-state index contributed by atoms with van der Waals surface area (Å²) in [4.78, 5) is 23.6. The van der Waals surface area contributed by atoms with Crippen molar-refractivity contribution < 1.29 is 14.7 Å². The fourth-order valence-electron chi connectivity index (χ4n) is 1.58. The predicted molar refractivity (Wildman–Crippen MR) is 69.4 cm³/mol. The highest BCUT2D eigenvalue weighted by Gasteiger charge is 2.14. The van der Waals surface area contributed by atoms with Crippen LogP contribution in [0.2, 0.25) is 0 Å². The second kappa shape index (κ2) is 6.48. The Hall–Kier alpha value is -2.24. The van der Waals surface area contributed by atoms with Crippen molar-refractivity contribution in [1.82, 2.24) is 5.32 Å². The number of carboxylic acid groups (broad SMARTS) is 1. The molecule has 0 fully saturated rings. The number of hydrogen-bond donors (Lipinski definition) is 3. The lowest BCUT2D eigenvalue weighted by atomic mass is 10.2. The average molecular weight is 251 g/mol. The molecule has 98 valence electrons. The first kappa shape index (κ1) is 13.8. The molecule has 0 radical (unpaired) electrons. The molecule has 4 N–H and O–H groups in total. The van der Waals surface area contributed by atoms with Crippen LogP contribution >= 0.6 is 0 Å². The molecule has 1 aromatic carbocycles. The summed E-state index contributed by atoms with van der Waals surface area (Å²) in [7, 11) is 1.54. The van der Waals surface area contributed by atoms with Gasteiger partial charge in [0.05, 0.1) is 11.4 Å². The second-order valence-corrected chi connectivity index (χ2v) is 3.80. The Balaban J connectivity index is 2.81. The summed E-state index contributed by atoms with van der Waals surface area (Å²) in [5, 5.41) is 11.4. The van der Waals surface area contributed by atoms with Crippen molar-refractivity contribution in [2.45, 2.75) is 6.42 Å². The van der Waals surface area contributed by atoms with Gasteiger partial charge in [-0.25, -0.2) is 0 Å². The maximum Gasteiger partial charge on any atom is 0.323 e. The van der Waals surface area contributed by atoms with E-state index in [1.54, 1.807) is 36.2 Å². The van der Waals surface area contributed by atoms with Crippen LogP contribution in [0.15, 0.2) is 24.3 Å². The average Bonchev–Trinajstić information content (AvgIpc) is 2.34. The van der Waals surface area contributed by atoms with Gasteiger partial charge in [0, 0.05) is 20.0 Å². The van der Waals surface area contributed by atoms with E-state index in [2.05, 4.69) is 5.32 Å². The van der Waals surface area contributed by atoms with Crippen molar-refractivity contribution >= 4 is 23.3 Å². The van der Waals surface area contributed by atoms with E-state index in [4.69, 9.17) is 10.8 Å². The van der Waals surface area contributed by atoms with Crippen LogP contribution in [0.3, 0.4) is 0 Å². The first-order valence-electron chi connectivity index (χ1n) is 5.56. The number of hydrogen-bond acceptors (Lipinski definition) is 4. The number of nitrogens with zero attached hydrogens (tertiary/aromatic N) is 1. The second-order valence-electron chi connectivity index (χ2n) is 3.80. The number of carbonyl (C=O) groups is 2. The third-order valence-electron chi connectivity index (χ3n) is 2.49. The SMILES string of the molecule is CNC(=O)CCN(CC(=O)O)c1ccccc1N. The van der Waals surface area contributed by atoms with E-state index in [9.17, 15) is 9.59 Å². The lowest BCUT2D eigenvalue weighted by Crippen LogP contribution is -2.34. The monoisotopic (exact) mass is 251 g/mol. The van der Waals surface area contributed by atoms with E-state index in [1.807, 2.05) is 0 Å². The number of nitrogens with two attached hydrogens (primary N) is 1. The highest BCUT2D eigenvalue weighted by atomic mass is 16.4. The summed E-state index contributed by atoms with van der Waals surface area (Å²) in [5.74, 6) is -1.10. The Morgan fingerprint density at radius 1 is 1.39 bits per heavy atom. The molecule has 0 saturated heterocycles. The van der Waals surface area contributed by atoms with Gasteiger partial charge in [0.2, 0.25) is 5.91 Å². The Morgan fingerprint density at radius 3 is 2.61 bits per heavy atom. The molecule has 1 rings (SSSR count). The molecule has 0 saturated carbocycles. The van der Waals surface area contributed by atoms with Crippen LogP contribution in [-0.2, 0) is 9.59 Å². The summed E-state index contributed by atoms with van der Waals surface area (Å²) >= 11 is 0. The molecule has 18 heavy (non-hydrogen) atoms. The Bertz CT molecular complexity index is 434. The van der Waals surface area contributed by atoms with Gasteiger partial charge >= 0.3 is 5.97 Å². The zero-order valence-electron chi connectivity index (χ0n) is 10.2. The van der Waals surface area contributed by atoms with Gasteiger partial charge < -0.3 is 21.1 Å². The summed E-state index contributed by atoms with van der Waals surface area (Å²) in [6.07, 6.45) is 0.220. The van der Waals surface area contributed by atoms with E-state index in [0.717, 1.165) is 0 Å². The Morgan fingerprint density at radius 2 is 2.06 bits per heavy atom. The first-order chi connectivity index (χ1) is 8.54. The Labute approximate surface area is 105 Å². The number of para-hydroxylation sites is 2. The molecule has 0 aromatic heterocycles. The van der Waals surface area contributed by atoms with E-state index < -0.39 is 5.97 Å².